The van der Waals surface area contributed by atoms with E-state index in [1.165, 1.54) is 12.1 Å². The Bertz CT molecular complexity index is 383. The number of nitrogens with zero attached hydrogens (tertiary/aromatic N) is 1. The summed E-state index contributed by atoms with van der Waals surface area (Å²) in [6.45, 7) is 0. The fraction of sp³-hybridized carbons (Fsp3) is 0. The maximum absolute atomic E-state index is 10.0. The third kappa shape index (κ3) is 14.1. The number of hydrogen-bond acceptors (Lipinski definition) is 4. The number of hydrogen-bond donors (Lipinski definition) is 2. The van der Waals surface area contributed by atoms with Crippen molar-refractivity contribution in [2.24, 2.45) is 0 Å². The Morgan fingerprint density at radius 3 is 1.67 bits per heavy atom. The van der Waals surface area contributed by atoms with Gasteiger partial charge in [0, 0.05) is 12.1 Å². The van der Waals surface area contributed by atoms with Crippen LogP contribution in [0.15, 0.2) is 30.3 Å². The van der Waals surface area contributed by atoms with Crippen molar-refractivity contribution in [1.82, 2.24) is 0 Å². The van der Waals surface area contributed by atoms with E-state index in [2.05, 4.69) is 0 Å². The predicted octanol–water partition coefficient (Wildman–Crippen LogP) is 0.294. The van der Waals surface area contributed by atoms with Crippen molar-refractivity contribution in [1.29, 1.82) is 0 Å². The molecule has 0 fully saturated rings. The molecule has 0 heterocycles. The Morgan fingerprint density at radius 1 is 1.13 bits per heavy atom. The maximum atomic E-state index is 10.0. The number of nitro groups is 1. The molecule has 0 amide bonds. The van der Waals surface area contributed by atoms with Crippen LogP contribution in [0.4, 0.5) is 5.69 Å². The first kappa shape index (κ1) is 17.5. The van der Waals surface area contributed by atoms with Crippen LogP contribution in [0.3, 0.4) is 0 Å². The van der Waals surface area contributed by atoms with E-state index in [4.69, 9.17) is 17.5 Å². The van der Waals surface area contributed by atoms with Gasteiger partial charge in [-0.3, -0.25) is 19.2 Å². The molecule has 7 nitrogen and oxygen atoms in total. The van der Waals surface area contributed by atoms with Crippen molar-refractivity contribution in [3.05, 3.63) is 40.4 Å². The van der Waals surface area contributed by atoms with E-state index in [1.807, 2.05) is 0 Å². The van der Waals surface area contributed by atoms with E-state index in [0.717, 1.165) is 0 Å². The molecule has 1 aromatic carbocycles. The van der Waals surface area contributed by atoms with E-state index in [1.54, 1.807) is 18.2 Å². The zero-order chi connectivity index (χ0) is 11.2. The SMILES string of the molecule is O=S(=O)(O)O.O=[N+]([O-])c1ccccc1.[KH]. The van der Waals surface area contributed by atoms with Gasteiger partial charge in [0.2, 0.25) is 0 Å². The Kier molecular flexibility index (Phi) is 9.69. The zero-order valence-electron chi connectivity index (χ0n) is 6.77. The molecule has 0 radical (unpaired) electrons. The third-order valence-electron chi connectivity index (χ3n) is 0.967. The van der Waals surface area contributed by atoms with Crippen LogP contribution in [0.1, 0.15) is 0 Å². The monoisotopic (exact) mass is 261 g/mol. The molecule has 0 saturated heterocycles. The van der Waals surface area contributed by atoms with Gasteiger partial charge in [0.1, 0.15) is 0 Å². The summed E-state index contributed by atoms with van der Waals surface area (Å²) in [5.74, 6) is 0. The van der Waals surface area contributed by atoms with Gasteiger partial charge in [0.25, 0.3) is 5.69 Å². The molecule has 9 heteroatoms. The van der Waals surface area contributed by atoms with E-state index < -0.39 is 15.3 Å². The molecule has 0 aliphatic heterocycles. The molecule has 0 saturated carbocycles. The van der Waals surface area contributed by atoms with Gasteiger partial charge in [-0.15, -0.1) is 0 Å². The van der Waals surface area contributed by atoms with Crippen molar-refractivity contribution in [3.8, 4) is 0 Å². The predicted molar refractivity (Wildman–Crippen MR) is 54.4 cm³/mol. The summed E-state index contributed by atoms with van der Waals surface area (Å²) in [6, 6.07) is 7.93. The van der Waals surface area contributed by atoms with E-state index in [0.29, 0.717) is 0 Å². The molecule has 0 aliphatic carbocycles. The summed E-state index contributed by atoms with van der Waals surface area (Å²) >= 11 is 0. The second-order valence-corrected chi connectivity index (χ2v) is 2.94. The summed E-state index contributed by atoms with van der Waals surface area (Å²) in [5, 5.41) is 10.0. The first-order chi connectivity index (χ1) is 6.30. The molecule has 80 valence electrons. The topological polar surface area (TPSA) is 118 Å². The first-order valence-electron chi connectivity index (χ1n) is 3.20. The van der Waals surface area contributed by atoms with Crippen molar-refractivity contribution < 1.29 is 22.4 Å². The molecular formula is C6H8KNO6S. The van der Waals surface area contributed by atoms with Crippen LogP contribution >= 0.6 is 0 Å². The second kappa shape index (κ2) is 8.30. The van der Waals surface area contributed by atoms with Gasteiger partial charge in [-0.2, -0.15) is 8.42 Å². The summed E-state index contributed by atoms with van der Waals surface area (Å²) in [4.78, 5) is 9.59. The molecular weight excluding hydrogens is 253 g/mol. The standard InChI is InChI=1S/C6H5NO2.K.H2O4S.H/c8-7(9)6-4-2-1-3-5-6;;1-5(2,3)4;/h1-5H;;(H2,1,2,3,4);. The zero-order valence-corrected chi connectivity index (χ0v) is 7.59. The van der Waals surface area contributed by atoms with Crippen LogP contribution in [-0.4, -0.2) is 73.8 Å². The fourth-order valence-corrected chi connectivity index (χ4v) is 0.550. The molecule has 0 atom stereocenters. The number of para-hydroxylation sites is 1. The van der Waals surface area contributed by atoms with Gasteiger partial charge in [0.05, 0.1) is 4.92 Å². The summed E-state index contributed by atoms with van der Waals surface area (Å²) in [7, 11) is -4.67. The van der Waals surface area contributed by atoms with Crippen LogP contribution in [0.25, 0.3) is 0 Å². The average Bonchev–Trinajstić information content (AvgIpc) is 2.03. The number of non-ortho nitro benzene ring substituents is 1. The molecule has 0 spiro atoms. The molecule has 0 unspecified atom stereocenters. The van der Waals surface area contributed by atoms with Crippen LogP contribution in [-0.2, 0) is 10.4 Å². The Morgan fingerprint density at radius 2 is 1.47 bits per heavy atom. The van der Waals surface area contributed by atoms with Gasteiger partial charge < -0.3 is 0 Å². The quantitative estimate of drug-likeness (QED) is 0.325. The van der Waals surface area contributed by atoms with Gasteiger partial charge in [-0.1, -0.05) is 18.2 Å². The minimum atomic E-state index is -4.67. The molecule has 1 aromatic rings. The Hall–Kier alpha value is 0.126. The number of benzene rings is 1. The van der Waals surface area contributed by atoms with Gasteiger partial charge in [-0.05, 0) is 0 Å². The molecule has 1 rings (SSSR count). The molecule has 0 aromatic heterocycles. The van der Waals surface area contributed by atoms with Gasteiger partial charge >= 0.3 is 61.8 Å². The van der Waals surface area contributed by atoms with Crippen LogP contribution in [0.5, 0.6) is 0 Å². The van der Waals surface area contributed by atoms with Crippen LogP contribution < -0.4 is 0 Å². The minimum absolute atomic E-state index is 0. The van der Waals surface area contributed by atoms with E-state index in [9.17, 15) is 10.1 Å². The molecule has 15 heavy (non-hydrogen) atoms. The summed E-state index contributed by atoms with van der Waals surface area (Å²) in [5.41, 5.74) is 0.137. The third-order valence-corrected chi connectivity index (χ3v) is 0.967. The average molecular weight is 261 g/mol. The van der Waals surface area contributed by atoms with Gasteiger partial charge in [-0.25, -0.2) is 0 Å². The van der Waals surface area contributed by atoms with Crippen LogP contribution in [0.2, 0.25) is 0 Å². The van der Waals surface area contributed by atoms with Gasteiger partial charge in [0.15, 0.2) is 0 Å². The van der Waals surface area contributed by atoms with Crippen molar-refractivity contribution in [3.63, 3.8) is 0 Å². The van der Waals surface area contributed by atoms with Crippen molar-refractivity contribution in [2.75, 3.05) is 0 Å². The van der Waals surface area contributed by atoms with Crippen molar-refractivity contribution in [2.45, 2.75) is 0 Å². The first-order valence-corrected chi connectivity index (χ1v) is 4.59. The van der Waals surface area contributed by atoms with Crippen LogP contribution in [0, 0.1) is 10.1 Å². The summed E-state index contributed by atoms with van der Waals surface area (Å²) < 4.78 is 31.6. The number of nitro benzene ring substituents is 1. The Balaban J connectivity index is 0. The summed E-state index contributed by atoms with van der Waals surface area (Å²) in [6.07, 6.45) is 0. The van der Waals surface area contributed by atoms with Crippen molar-refractivity contribution >= 4 is 67.5 Å². The van der Waals surface area contributed by atoms with E-state index >= 15 is 0 Å². The molecule has 0 aliphatic rings. The second-order valence-electron chi connectivity index (χ2n) is 2.04. The number of rotatable bonds is 1. The Labute approximate surface area is 129 Å². The molecule has 2 N–H and O–H groups in total. The van der Waals surface area contributed by atoms with E-state index in [-0.39, 0.29) is 57.1 Å². The fourth-order valence-electron chi connectivity index (χ4n) is 0.550. The normalized spacial score (nSPS) is 9.20. The molecule has 0 bridgehead atoms.